The van der Waals surface area contributed by atoms with Crippen LogP contribution in [0.5, 0.6) is 23.0 Å². The summed E-state index contributed by atoms with van der Waals surface area (Å²) in [4.78, 5) is 14.8. The van der Waals surface area contributed by atoms with Crippen LogP contribution in [0, 0.1) is 19.8 Å². The van der Waals surface area contributed by atoms with Gasteiger partial charge in [0.25, 0.3) is 5.91 Å². The average molecular weight is 1010 g/mol. The number of hydrogen-bond donors (Lipinski definition) is 0. The Balaban J connectivity index is 1.31. The molecule has 6 aromatic rings. The third kappa shape index (κ3) is 11.9. The second-order valence-corrected chi connectivity index (χ2v) is 22.6. The van der Waals surface area contributed by atoms with Crippen LogP contribution in [0.2, 0.25) is 0 Å². The maximum absolute atomic E-state index is 14.8. The molecule has 0 fully saturated rings. The second kappa shape index (κ2) is 24.4. The molecule has 11 heteroatoms. The Hall–Kier alpha value is -5.62. The number of unbranched alkanes of at least 4 members (excludes halogenated alkanes) is 4. The van der Waals surface area contributed by atoms with Crippen LogP contribution in [0.15, 0.2) is 111 Å². The van der Waals surface area contributed by atoms with Gasteiger partial charge in [0.1, 0.15) is 34.2 Å². The average Bonchev–Trinajstić information content (AvgIpc) is 3.54. The molecule has 8 rings (SSSR count). The number of amides is 1. The Morgan fingerprint density at radius 3 is 1.62 bits per heavy atom. The van der Waals surface area contributed by atoms with Crippen molar-refractivity contribution in [1.29, 1.82) is 0 Å². The number of allylic oxidation sites excluding steroid dienone is 2. The van der Waals surface area contributed by atoms with Gasteiger partial charge in [-0.3, -0.25) is 9.46 Å². The van der Waals surface area contributed by atoms with Crippen LogP contribution in [-0.4, -0.2) is 36.5 Å². The number of rotatable bonds is 22. The molecule has 2 aliphatic rings. The molecule has 9 nitrogen and oxygen atoms in total. The Kier molecular flexibility index (Phi) is 17.9. The number of hydrogen-bond acceptors (Lipinski definition) is 8. The van der Waals surface area contributed by atoms with E-state index in [-0.39, 0.29) is 11.8 Å². The van der Waals surface area contributed by atoms with Gasteiger partial charge in [-0.15, -0.1) is 0 Å². The van der Waals surface area contributed by atoms with Gasteiger partial charge in [-0.25, -0.2) is 0 Å². The molecule has 2 unspecified atom stereocenters. The predicted molar refractivity (Wildman–Crippen MR) is 297 cm³/mol. The lowest BCUT2D eigenvalue weighted by Gasteiger charge is -2.43. The molecule has 0 spiro atoms. The van der Waals surface area contributed by atoms with Crippen LogP contribution >= 0.6 is 16.7 Å². The molecule has 0 saturated heterocycles. The lowest BCUT2D eigenvalue weighted by molar-refractivity contribution is -0.124. The normalized spacial score (nSPS) is 15.7. The number of carbonyl (C=O) groups is 1. The van der Waals surface area contributed by atoms with Crippen LogP contribution < -0.4 is 18.5 Å². The molecule has 1 aliphatic carbocycles. The third-order valence-electron chi connectivity index (χ3n) is 14.0. The van der Waals surface area contributed by atoms with Crippen LogP contribution in [0.25, 0.3) is 21.9 Å². The predicted octanol–water partition coefficient (Wildman–Crippen LogP) is 17.2. The van der Waals surface area contributed by atoms with Gasteiger partial charge in [0, 0.05) is 35.4 Å². The van der Waals surface area contributed by atoms with Crippen molar-refractivity contribution in [2.45, 2.75) is 145 Å². The maximum Gasteiger partial charge on any atom is 0.453 e. The molecule has 0 bridgehead atoms. The molecule has 0 N–H and O–H groups in total. The quantitative estimate of drug-likeness (QED) is 0.0622. The minimum absolute atomic E-state index is 0.0504. The molecule has 0 radical (unpaired) electrons. The van der Waals surface area contributed by atoms with Crippen molar-refractivity contribution in [3.05, 3.63) is 152 Å². The van der Waals surface area contributed by atoms with E-state index in [4.69, 9.17) is 26.9 Å². The van der Waals surface area contributed by atoms with Crippen LogP contribution in [-0.2, 0) is 43.4 Å². The van der Waals surface area contributed by atoms with Crippen molar-refractivity contribution in [2.24, 2.45) is 5.92 Å². The van der Waals surface area contributed by atoms with Crippen molar-refractivity contribution >= 4 is 44.5 Å². The summed E-state index contributed by atoms with van der Waals surface area (Å²) in [5.41, 5.74) is 13.2. The van der Waals surface area contributed by atoms with Gasteiger partial charge in [0.2, 0.25) is 0 Å². The Morgan fingerprint density at radius 2 is 1.12 bits per heavy atom. The molecular weight excluding hydrogens is 935 g/mol. The summed E-state index contributed by atoms with van der Waals surface area (Å²) in [5, 5.41) is 1.82. The number of benzene rings is 5. The van der Waals surface area contributed by atoms with Crippen molar-refractivity contribution in [3.63, 3.8) is 0 Å². The van der Waals surface area contributed by atoms with E-state index in [2.05, 4.69) is 133 Å². The molecule has 1 aromatic heterocycles. The summed E-state index contributed by atoms with van der Waals surface area (Å²) in [6, 6.07) is 27.7. The van der Waals surface area contributed by atoms with Gasteiger partial charge in [-0.1, -0.05) is 132 Å². The molecular formula is C61H76N2O7P2. The monoisotopic (exact) mass is 1010 g/mol. The van der Waals surface area contributed by atoms with Gasteiger partial charge in [0.05, 0.1) is 26.5 Å². The first-order valence-electron chi connectivity index (χ1n) is 26.5. The summed E-state index contributed by atoms with van der Waals surface area (Å²) in [5.74, 6) is 3.50. The number of nitrogens with zero attached hydrogens (tertiary/aromatic N) is 2. The Labute approximate surface area is 431 Å². The van der Waals surface area contributed by atoms with Gasteiger partial charge >= 0.3 is 16.7 Å². The van der Waals surface area contributed by atoms with Gasteiger partial charge in [-0.2, -0.15) is 0 Å². The van der Waals surface area contributed by atoms with E-state index in [9.17, 15) is 4.79 Å². The fourth-order valence-electron chi connectivity index (χ4n) is 10.1. The Morgan fingerprint density at radius 1 is 0.639 bits per heavy atom. The standard InChI is InChI=1S/C61H76N2O7P2/c1-11-15-24-45-30-42(6)32-49(57(45)67-71-62(8)56-29-28-41(5)34-55(56)61(64)63(71)40-44-22-20-19-21-23-44)35-50-33-43(7)31-46(25-16-12-2)58(50)68-72-69-59-47(26-17-13-3)36-51(65-9)38-53(59)54-39-52(66-10)37-48(27-18-14-4)60(54)70-72/h19-23,28-33,36-39,41H,11-18,24-27,34-35,40H2,1-10H3. The zero-order chi connectivity index (χ0) is 50.9. The lowest BCUT2D eigenvalue weighted by atomic mass is 9.93. The number of fused-ring (bicyclic) bond motifs is 3. The number of carbonyl (C=O) groups excluding carboxylic acids is 1. The summed E-state index contributed by atoms with van der Waals surface area (Å²) in [6.07, 6.45) is 17.0. The summed E-state index contributed by atoms with van der Waals surface area (Å²) in [7, 11) is 1.88. The smallest absolute Gasteiger partial charge is 0.453 e. The highest BCUT2D eigenvalue weighted by Gasteiger charge is 2.42. The first-order valence-corrected chi connectivity index (χ1v) is 28.7. The number of likely N-dealkylation sites (N-methyl/N-ethyl adjacent to an activating group) is 1. The van der Waals surface area contributed by atoms with Crippen LogP contribution in [0.4, 0.5) is 0 Å². The fourth-order valence-corrected chi connectivity index (χ4v) is 13.2. The SMILES string of the molecule is CCCCc1cc(C)cc(Cc2cc(C)cc(CCCC)c2Op2oc3c(CCCC)cc(OC)cc3c3cc(OC)cc(CCCC)c3o2)c1OP1N(C)C2=C(CC(C)C=C2)C(=O)N1Cc1ccccc1. The highest BCUT2D eigenvalue weighted by molar-refractivity contribution is 7.49. The van der Waals surface area contributed by atoms with Gasteiger partial charge in [0.15, 0.2) is 0 Å². The minimum atomic E-state index is -2.04. The Bertz CT molecular complexity index is 2900. The van der Waals surface area contributed by atoms with E-state index in [1.54, 1.807) is 14.2 Å². The highest BCUT2D eigenvalue weighted by atomic mass is 31.2. The van der Waals surface area contributed by atoms with Crippen molar-refractivity contribution < 1.29 is 31.7 Å². The molecule has 382 valence electrons. The maximum atomic E-state index is 14.8. The van der Waals surface area contributed by atoms with E-state index in [1.165, 1.54) is 5.56 Å². The summed E-state index contributed by atoms with van der Waals surface area (Å²) in [6.45, 7) is 15.9. The van der Waals surface area contributed by atoms with Gasteiger partial charge < -0.3 is 31.6 Å². The zero-order valence-electron chi connectivity index (χ0n) is 44.5. The van der Waals surface area contributed by atoms with Crippen LogP contribution in [0.1, 0.15) is 142 Å². The minimum Gasteiger partial charge on any atom is -0.497 e. The molecule has 1 aliphatic heterocycles. The zero-order valence-corrected chi connectivity index (χ0v) is 46.3. The molecule has 2 heterocycles. The van der Waals surface area contributed by atoms with Crippen molar-refractivity contribution in [1.82, 2.24) is 9.34 Å². The third-order valence-corrected chi connectivity index (χ3v) is 16.8. The molecule has 2 atom stereocenters. The van der Waals surface area contributed by atoms with Gasteiger partial charge in [-0.05, 0) is 141 Å². The number of aryl methyl sites for hydroxylation is 6. The van der Waals surface area contributed by atoms with E-state index >= 15 is 0 Å². The summed E-state index contributed by atoms with van der Waals surface area (Å²) < 4.78 is 45.4. The highest BCUT2D eigenvalue weighted by Crippen LogP contribution is 2.55. The van der Waals surface area contributed by atoms with Crippen molar-refractivity contribution in [3.8, 4) is 23.0 Å². The second-order valence-electron chi connectivity index (χ2n) is 19.9. The van der Waals surface area contributed by atoms with Crippen molar-refractivity contribution in [2.75, 3.05) is 21.3 Å². The summed E-state index contributed by atoms with van der Waals surface area (Å²) >= 11 is 0. The molecule has 0 saturated carbocycles. The number of ether oxygens (including phenoxy) is 2. The topological polar surface area (TPSA) is 86.7 Å². The molecule has 1 amide bonds. The molecule has 5 aromatic carbocycles. The largest absolute Gasteiger partial charge is 0.497 e. The number of methoxy groups -OCH3 is 2. The first kappa shape index (κ1) is 52.7. The van der Waals surface area contributed by atoms with Crippen LogP contribution in [0.3, 0.4) is 0 Å². The van der Waals surface area contributed by atoms with E-state index in [0.717, 1.165) is 178 Å². The first-order chi connectivity index (χ1) is 35.0. The molecule has 72 heavy (non-hydrogen) atoms. The lowest BCUT2D eigenvalue weighted by Crippen LogP contribution is -2.40. The van der Waals surface area contributed by atoms with E-state index in [0.29, 0.717) is 19.4 Å². The fraction of sp³-hybridized carbons (Fsp3) is 0.426. The van der Waals surface area contributed by atoms with E-state index in [1.807, 2.05) is 22.9 Å². The van der Waals surface area contributed by atoms with E-state index < -0.39 is 16.7 Å².